The van der Waals surface area contributed by atoms with Gasteiger partial charge in [-0.25, -0.2) is 9.98 Å². The quantitative estimate of drug-likeness (QED) is 0.494. The van der Waals surface area contributed by atoms with Crippen molar-refractivity contribution < 1.29 is 24.2 Å². The molecule has 0 aliphatic carbocycles. The molecule has 2 atom stereocenters. The lowest BCUT2D eigenvalue weighted by molar-refractivity contribution is -0.917. The predicted molar refractivity (Wildman–Crippen MR) is 110 cm³/mol. The third-order valence-electron chi connectivity index (χ3n) is 5.57. The molecule has 4 aliphatic rings. The van der Waals surface area contributed by atoms with Gasteiger partial charge in [-0.05, 0) is 18.2 Å². The second kappa shape index (κ2) is 8.03. The van der Waals surface area contributed by atoms with E-state index >= 15 is 0 Å². The molecule has 9 nitrogen and oxygen atoms in total. The Balaban J connectivity index is 1.09. The van der Waals surface area contributed by atoms with Crippen LogP contribution in [0.25, 0.3) is 0 Å². The first kappa shape index (κ1) is 18.4. The average Bonchev–Trinajstić information content (AvgIpc) is 3.41. The number of carbonyl (C=O) groups is 1. The number of fused-ring (bicyclic) bond motifs is 2. The number of nitrogens with zero attached hydrogens (tertiary/aromatic N) is 3. The second-order valence-corrected chi connectivity index (χ2v) is 8.41. The van der Waals surface area contributed by atoms with E-state index in [2.05, 4.69) is 32.4 Å². The third kappa shape index (κ3) is 3.95. The molecule has 0 spiro atoms. The zero-order chi connectivity index (χ0) is 19.6. The summed E-state index contributed by atoms with van der Waals surface area (Å²) in [5.41, 5.74) is 1.24. The van der Waals surface area contributed by atoms with E-state index in [1.54, 1.807) is 12.7 Å². The van der Waals surface area contributed by atoms with Gasteiger partial charge in [-0.15, -0.1) is 0 Å². The van der Waals surface area contributed by atoms with E-state index in [-0.39, 0.29) is 18.1 Å². The highest BCUT2D eigenvalue weighted by molar-refractivity contribution is 8.14. The van der Waals surface area contributed by atoms with Crippen LogP contribution in [-0.2, 0) is 11.3 Å². The molecule has 1 aromatic carbocycles. The molecule has 4 heterocycles. The molecule has 0 bridgehead atoms. The van der Waals surface area contributed by atoms with Crippen LogP contribution in [0.1, 0.15) is 5.56 Å². The van der Waals surface area contributed by atoms with Gasteiger partial charge in [-0.1, -0.05) is 11.8 Å². The van der Waals surface area contributed by atoms with Gasteiger partial charge in [0, 0.05) is 5.56 Å². The minimum Gasteiger partial charge on any atom is -0.454 e. The summed E-state index contributed by atoms with van der Waals surface area (Å²) in [5.74, 6) is 2.23. The maximum absolute atomic E-state index is 12.7. The SMILES string of the molecule is O=C(CSC1=NC=N[C@H]2[NH+]=CN[C@@H]12)N1CC[NH+](Cc2ccc3c(c2)OCO3)CC1. The first-order valence-corrected chi connectivity index (χ1v) is 10.8. The molecule has 1 saturated heterocycles. The lowest BCUT2D eigenvalue weighted by Crippen LogP contribution is -3.13. The van der Waals surface area contributed by atoms with Crippen LogP contribution < -0.4 is 24.7 Å². The number of aliphatic imine (C=N–C) groups is 2. The maximum Gasteiger partial charge on any atom is 0.233 e. The van der Waals surface area contributed by atoms with Gasteiger partial charge in [0.05, 0.1) is 31.9 Å². The second-order valence-electron chi connectivity index (χ2n) is 7.42. The molecule has 3 N–H and O–H groups in total. The normalized spacial score (nSPS) is 25.0. The molecule has 0 saturated carbocycles. The number of quaternary nitrogens is 1. The minimum atomic E-state index is -0.0200. The number of hydrogen-bond acceptors (Lipinski definition) is 7. The van der Waals surface area contributed by atoms with E-state index < -0.39 is 0 Å². The molecular formula is C19H24N6O3S+2. The number of benzene rings is 1. The van der Waals surface area contributed by atoms with Gasteiger partial charge in [-0.3, -0.25) is 15.1 Å². The Labute approximate surface area is 172 Å². The Morgan fingerprint density at radius 3 is 3.07 bits per heavy atom. The Bertz CT molecular complexity index is 881. The average molecular weight is 417 g/mol. The van der Waals surface area contributed by atoms with E-state index in [9.17, 15) is 4.79 Å². The number of nitrogens with one attached hydrogen (secondary N) is 3. The number of carbonyl (C=O) groups excluding carboxylic acids is 1. The van der Waals surface area contributed by atoms with Crippen molar-refractivity contribution in [2.24, 2.45) is 9.98 Å². The smallest absolute Gasteiger partial charge is 0.233 e. The van der Waals surface area contributed by atoms with Crippen molar-refractivity contribution >= 4 is 35.4 Å². The lowest BCUT2D eigenvalue weighted by atomic mass is 10.1. The number of piperazine rings is 1. The Morgan fingerprint density at radius 2 is 2.17 bits per heavy atom. The first-order valence-electron chi connectivity index (χ1n) is 9.82. The van der Waals surface area contributed by atoms with Crippen LogP contribution in [0, 0.1) is 0 Å². The van der Waals surface area contributed by atoms with Crippen LogP contribution in [0.4, 0.5) is 0 Å². The summed E-state index contributed by atoms with van der Waals surface area (Å²) in [4.78, 5) is 27.9. The largest absolute Gasteiger partial charge is 0.454 e. The molecule has 4 aliphatic heterocycles. The monoisotopic (exact) mass is 416 g/mol. The van der Waals surface area contributed by atoms with Crippen LogP contribution in [0.5, 0.6) is 11.5 Å². The summed E-state index contributed by atoms with van der Waals surface area (Å²) >= 11 is 1.50. The van der Waals surface area contributed by atoms with Crippen molar-refractivity contribution in [3.05, 3.63) is 23.8 Å². The first-order chi connectivity index (χ1) is 14.3. The number of ether oxygens (including phenoxy) is 2. The minimum absolute atomic E-state index is 0.0200. The van der Waals surface area contributed by atoms with Gasteiger partial charge in [0.25, 0.3) is 0 Å². The molecule has 0 unspecified atom stereocenters. The van der Waals surface area contributed by atoms with Gasteiger partial charge in [-0.2, -0.15) is 0 Å². The molecule has 0 radical (unpaired) electrons. The summed E-state index contributed by atoms with van der Waals surface area (Å²) in [6, 6.07) is 6.17. The van der Waals surface area contributed by atoms with Crippen LogP contribution in [0.3, 0.4) is 0 Å². The fourth-order valence-corrected chi connectivity index (χ4v) is 4.88. The Morgan fingerprint density at radius 1 is 1.31 bits per heavy atom. The van der Waals surface area contributed by atoms with Gasteiger partial charge >= 0.3 is 0 Å². The molecule has 10 heteroatoms. The molecular weight excluding hydrogens is 392 g/mol. The molecule has 0 aromatic heterocycles. The van der Waals surface area contributed by atoms with Crippen LogP contribution in [0.2, 0.25) is 0 Å². The Hall–Kier alpha value is -2.59. The van der Waals surface area contributed by atoms with Crippen molar-refractivity contribution in [1.29, 1.82) is 0 Å². The van der Waals surface area contributed by atoms with Gasteiger partial charge < -0.3 is 19.3 Å². The number of hydrogen-bond donors (Lipinski definition) is 3. The van der Waals surface area contributed by atoms with Crippen molar-refractivity contribution in [3.63, 3.8) is 0 Å². The van der Waals surface area contributed by atoms with Crippen molar-refractivity contribution in [3.8, 4) is 11.5 Å². The summed E-state index contributed by atoms with van der Waals surface area (Å²) < 4.78 is 10.8. The number of thioether (sulfide) groups is 1. The molecule has 5 rings (SSSR count). The summed E-state index contributed by atoms with van der Waals surface area (Å²) in [6.45, 7) is 4.70. The van der Waals surface area contributed by atoms with Crippen molar-refractivity contribution in [2.75, 3.05) is 38.7 Å². The fourth-order valence-electron chi connectivity index (χ4n) is 3.93. The zero-order valence-electron chi connectivity index (χ0n) is 16.0. The van der Waals surface area contributed by atoms with E-state index in [0.717, 1.165) is 49.3 Å². The number of rotatable bonds is 4. The molecule has 1 amide bonds. The van der Waals surface area contributed by atoms with Crippen molar-refractivity contribution in [1.82, 2.24) is 10.2 Å². The van der Waals surface area contributed by atoms with Crippen LogP contribution in [-0.4, -0.2) is 79.5 Å². The van der Waals surface area contributed by atoms with Crippen LogP contribution in [0.15, 0.2) is 28.2 Å². The Kier molecular flexibility index (Phi) is 5.11. The van der Waals surface area contributed by atoms with Crippen LogP contribution >= 0.6 is 11.8 Å². The summed E-state index contributed by atoms with van der Waals surface area (Å²) in [7, 11) is 0. The molecule has 1 aromatic rings. The standard InChI is InChI=1S/C19H22N6O3S/c26-16(9-29-19-17-18(21-10-20-17)22-11-23-19)25-5-3-24(4-6-25)8-13-1-2-14-15(7-13)28-12-27-14/h1-2,7,10-11,17-18H,3-6,8-9,12H2,(H,20,21)/p+2/t17-,18-/m1/s1. The number of amides is 1. The highest BCUT2D eigenvalue weighted by atomic mass is 32.2. The van der Waals surface area contributed by atoms with E-state index in [4.69, 9.17) is 9.47 Å². The third-order valence-corrected chi connectivity index (χ3v) is 6.62. The van der Waals surface area contributed by atoms with Crippen molar-refractivity contribution in [2.45, 2.75) is 18.8 Å². The highest BCUT2D eigenvalue weighted by Crippen LogP contribution is 2.32. The van der Waals surface area contributed by atoms with E-state index in [1.807, 2.05) is 11.0 Å². The predicted octanol–water partition coefficient (Wildman–Crippen LogP) is -2.78. The lowest BCUT2D eigenvalue weighted by Gasteiger charge is -2.32. The van der Waals surface area contributed by atoms with E-state index in [1.165, 1.54) is 22.2 Å². The fraction of sp³-hybridized carbons (Fsp3) is 0.474. The summed E-state index contributed by atoms with van der Waals surface area (Å²) in [6.07, 6.45) is 3.34. The topological polar surface area (TPSA) is 93.9 Å². The van der Waals surface area contributed by atoms with Gasteiger partial charge in [0.15, 0.2) is 11.5 Å². The highest BCUT2D eigenvalue weighted by Gasteiger charge is 2.36. The van der Waals surface area contributed by atoms with Gasteiger partial charge in [0.2, 0.25) is 31.2 Å². The maximum atomic E-state index is 12.7. The van der Waals surface area contributed by atoms with Gasteiger partial charge in [0.1, 0.15) is 17.9 Å². The summed E-state index contributed by atoms with van der Waals surface area (Å²) in [5, 5.41) is 4.12. The molecule has 152 valence electrons. The van der Waals surface area contributed by atoms with E-state index in [0.29, 0.717) is 12.5 Å². The molecule has 29 heavy (non-hydrogen) atoms. The zero-order valence-corrected chi connectivity index (χ0v) is 16.8. The molecule has 1 fully saturated rings.